The Balaban J connectivity index is 1.53. The van der Waals surface area contributed by atoms with Crippen LogP contribution in [0.1, 0.15) is 72.5 Å². The van der Waals surface area contributed by atoms with E-state index < -0.39 is 5.41 Å². The molecule has 0 radical (unpaired) electrons. The van der Waals surface area contributed by atoms with Crippen LogP contribution in [0.25, 0.3) is 11.0 Å². The van der Waals surface area contributed by atoms with E-state index in [1.165, 1.54) is 10.4 Å². The van der Waals surface area contributed by atoms with E-state index in [2.05, 4.69) is 68.0 Å². The third-order valence-electron chi connectivity index (χ3n) is 8.87. The van der Waals surface area contributed by atoms with Crippen molar-refractivity contribution in [3.8, 4) is 0 Å². The summed E-state index contributed by atoms with van der Waals surface area (Å²) in [4.78, 5) is 33.2. The van der Waals surface area contributed by atoms with Crippen molar-refractivity contribution < 1.29 is 14.3 Å². The molecule has 8 nitrogen and oxygen atoms in total. The Hall–Kier alpha value is -3.56. The minimum absolute atomic E-state index is 0.0108. The van der Waals surface area contributed by atoms with Gasteiger partial charge in [0.2, 0.25) is 5.91 Å². The molecule has 1 aliphatic heterocycles. The Labute approximate surface area is 265 Å². The summed E-state index contributed by atoms with van der Waals surface area (Å²) >= 11 is 1.72. The first-order chi connectivity index (χ1) is 20.8. The Morgan fingerprint density at radius 3 is 2.55 bits per heavy atom. The summed E-state index contributed by atoms with van der Waals surface area (Å²) in [6.07, 6.45) is 0. The predicted octanol–water partition coefficient (Wildman–Crippen LogP) is 6.33. The number of fused-ring (bicyclic) bond motifs is 1. The van der Waals surface area contributed by atoms with Crippen LogP contribution in [0, 0.1) is 24.7 Å². The van der Waals surface area contributed by atoms with Crippen LogP contribution in [0.5, 0.6) is 0 Å². The maximum atomic E-state index is 13.9. The Morgan fingerprint density at radius 1 is 1.11 bits per heavy atom. The van der Waals surface area contributed by atoms with E-state index in [1.54, 1.807) is 11.3 Å². The molecule has 0 unspecified atom stereocenters. The lowest BCUT2D eigenvalue weighted by Gasteiger charge is -2.33. The van der Waals surface area contributed by atoms with Crippen LogP contribution >= 0.6 is 11.3 Å². The lowest BCUT2D eigenvalue weighted by Crippen LogP contribution is -2.35. The minimum atomic E-state index is -0.883. The lowest BCUT2D eigenvalue weighted by atomic mass is 9.72. The number of hydrogen-bond acceptors (Lipinski definition) is 7. The van der Waals surface area contributed by atoms with Gasteiger partial charge in [0.15, 0.2) is 0 Å². The molecule has 5 rings (SSSR count). The number of ether oxygens (including phenoxy) is 1. The van der Waals surface area contributed by atoms with Crippen molar-refractivity contribution in [1.82, 2.24) is 24.8 Å². The molecule has 0 aliphatic carbocycles. The second-order valence-corrected chi connectivity index (χ2v) is 14.8. The number of amides is 1. The standard InChI is InChI=1S/C35H45N5O3S/c1-9-40-28-16-15-27(23(2)32(28)36-37-40)31(35(6,7)33(42)43-20-25-13-11-10-12-14-25)29-17-26(24(3)44-29)18-39-19-30(41)38(8)21-34(4,5)22-39/h10-17,31H,9,18-22H2,1-8H3/t31-/m1/s1. The van der Waals surface area contributed by atoms with Gasteiger partial charge in [0, 0.05) is 48.9 Å². The van der Waals surface area contributed by atoms with Gasteiger partial charge in [-0.05, 0) is 74.4 Å². The fraction of sp³-hybridized carbons (Fsp3) is 0.486. The first kappa shape index (κ1) is 31.9. The zero-order valence-corrected chi connectivity index (χ0v) is 28.1. The normalized spacial score (nSPS) is 16.7. The molecule has 234 valence electrons. The first-order valence-electron chi connectivity index (χ1n) is 15.4. The van der Waals surface area contributed by atoms with Crippen molar-refractivity contribution >= 4 is 34.2 Å². The van der Waals surface area contributed by atoms with Gasteiger partial charge >= 0.3 is 5.97 Å². The summed E-state index contributed by atoms with van der Waals surface area (Å²) in [7, 11) is 1.89. The molecule has 1 aliphatic rings. The summed E-state index contributed by atoms with van der Waals surface area (Å²) in [5.74, 6) is -0.376. The number of carbonyl (C=O) groups is 2. The molecule has 2 aromatic carbocycles. The Kier molecular flexibility index (Phi) is 9.01. The maximum Gasteiger partial charge on any atom is 0.312 e. The van der Waals surface area contributed by atoms with Crippen LogP contribution in [-0.2, 0) is 34.0 Å². The van der Waals surface area contributed by atoms with Crippen molar-refractivity contribution in [2.45, 2.75) is 74.1 Å². The molecule has 0 spiro atoms. The van der Waals surface area contributed by atoms with Crippen molar-refractivity contribution in [3.63, 3.8) is 0 Å². The third-order valence-corrected chi connectivity index (χ3v) is 10.0. The highest BCUT2D eigenvalue weighted by Gasteiger charge is 2.42. The van der Waals surface area contributed by atoms with Crippen LogP contribution < -0.4 is 0 Å². The summed E-state index contributed by atoms with van der Waals surface area (Å²) < 4.78 is 7.86. The number of esters is 1. The SMILES string of the molecule is CCn1nnc2c(C)c([C@H](c3cc(CN4CC(=O)N(C)CC(C)(C)C4)c(C)s3)C(C)(C)C(=O)OCc3ccccc3)ccc21. The van der Waals surface area contributed by atoms with Crippen LogP contribution in [0.4, 0.5) is 0 Å². The zero-order valence-electron chi connectivity index (χ0n) is 27.3. The highest BCUT2D eigenvalue weighted by molar-refractivity contribution is 7.12. The Bertz CT molecular complexity index is 1660. The van der Waals surface area contributed by atoms with Gasteiger partial charge in [-0.25, -0.2) is 4.68 Å². The van der Waals surface area contributed by atoms with E-state index in [4.69, 9.17) is 4.74 Å². The van der Waals surface area contributed by atoms with Crippen molar-refractivity contribution in [2.24, 2.45) is 10.8 Å². The summed E-state index contributed by atoms with van der Waals surface area (Å²) in [5.41, 5.74) is 5.15. The van der Waals surface area contributed by atoms with Gasteiger partial charge in [0.25, 0.3) is 0 Å². The van der Waals surface area contributed by atoms with Gasteiger partial charge in [0.1, 0.15) is 12.1 Å². The highest BCUT2D eigenvalue weighted by Crippen LogP contribution is 2.47. The highest BCUT2D eigenvalue weighted by atomic mass is 32.1. The van der Waals surface area contributed by atoms with Gasteiger partial charge in [0.05, 0.1) is 17.5 Å². The van der Waals surface area contributed by atoms with Crippen LogP contribution in [0.15, 0.2) is 48.5 Å². The molecule has 0 N–H and O–H groups in total. The van der Waals surface area contributed by atoms with Gasteiger partial charge in [-0.2, -0.15) is 0 Å². The average molecular weight is 616 g/mol. The number of hydrogen-bond donors (Lipinski definition) is 0. The fourth-order valence-electron chi connectivity index (χ4n) is 6.60. The molecule has 4 aromatic rings. The summed E-state index contributed by atoms with van der Waals surface area (Å²) in [6, 6.07) is 16.2. The monoisotopic (exact) mass is 615 g/mol. The van der Waals surface area contributed by atoms with Gasteiger partial charge in [-0.1, -0.05) is 55.5 Å². The van der Waals surface area contributed by atoms with Crippen molar-refractivity contribution in [2.75, 3.05) is 26.7 Å². The second-order valence-electron chi connectivity index (χ2n) is 13.6. The van der Waals surface area contributed by atoms with E-state index in [1.807, 2.05) is 60.8 Å². The zero-order chi connectivity index (χ0) is 31.8. The van der Waals surface area contributed by atoms with Crippen LogP contribution in [0.2, 0.25) is 0 Å². The van der Waals surface area contributed by atoms with E-state index in [0.717, 1.165) is 52.2 Å². The third kappa shape index (κ3) is 6.44. The molecular formula is C35H45N5O3S. The molecule has 2 aromatic heterocycles. The molecular weight excluding hydrogens is 570 g/mol. The number of likely N-dealkylation sites (N-methyl/N-ethyl adjacent to an activating group) is 1. The van der Waals surface area contributed by atoms with Gasteiger partial charge in [-0.15, -0.1) is 16.4 Å². The molecule has 1 saturated heterocycles. The topological polar surface area (TPSA) is 80.6 Å². The smallest absolute Gasteiger partial charge is 0.312 e. The van der Waals surface area contributed by atoms with E-state index in [9.17, 15) is 9.59 Å². The lowest BCUT2D eigenvalue weighted by molar-refractivity contribution is -0.156. The Morgan fingerprint density at radius 2 is 1.84 bits per heavy atom. The van der Waals surface area contributed by atoms with Crippen molar-refractivity contribution in [3.05, 3.63) is 80.5 Å². The number of rotatable bonds is 9. The van der Waals surface area contributed by atoms with E-state index in [-0.39, 0.29) is 29.8 Å². The number of carbonyl (C=O) groups excluding carboxylic acids is 2. The van der Waals surface area contributed by atoms with Crippen molar-refractivity contribution in [1.29, 1.82) is 0 Å². The minimum Gasteiger partial charge on any atom is -0.460 e. The summed E-state index contributed by atoms with van der Waals surface area (Å²) in [5, 5.41) is 8.89. The maximum absolute atomic E-state index is 13.9. The number of thiophene rings is 1. The average Bonchev–Trinajstić information content (AvgIpc) is 3.53. The molecule has 9 heteroatoms. The van der Waals surface area contributed by atoms with Gasteiger partial charge < -0.3 is 9.64 Å². The van der Waals surface area contributed by atoms with Gasteiger partial charge in [-0.3, -0.25) is 14.5 Å². The molecule has 0 bridgehead atoms. The summed E-state index contributed by atoms with van der Waals surface area (Å²) in [6.45, 7) is 18.3. The molecule has 1 fully saturated rings. The molecule has 3 heterocycles. The fourth-order valence-corrected chi connectivity index (χ4v) is 7.95. The van der Waals surface area contributed by atoms with Crippen LogP contribution in [-0.4, -0.2) is 63.4 Å². The number of aromatic nitrogens is 3. The van der Waals surface area contributed by atoms with Crippen LogP contribution in [0.3, 0.4) is 0 Å². The first-order valence-corrected chi connectivity index (χ1v) is 16.2. The molecule has 1 amide bonds. The largest absolute Gasteiger partial charge is 0.460 e. The molecule has 0 saturated carbocycles. The molecule has 1 atom stereocenters. The molecule has 44 heavy (non-hydrogen) atoms. The quantitative estimate of drug-likeness (QED) is 0.205. The predicted molar refractivity (Wildman–Crippen MR) is 176 cm³/mol. The second kappa shape index (κ2) is 12.4. The number of nitrogens with zero attached hydrogens (tertiary/aromatic N) is 5. The van der Waals surface area contributed by atoms with E-state index in [0.29, 0.717) is 13.1 Å². The number of aryl methyl sites for hydroxylation is 3. The van der Waals surface area contributed by atoms with E-state index >= 15 is 0 Å². The number of benzene rings is 2.